The number of rotatable bonds is 16. The topological polar surface area (TPSA) is 80.7 Å². The molecule has 0 aliphatic rings. The molecule has 1 N–H and O–H groups in total. The molecule has 0 heterocycles. The number of hydrogen-bond acceptors (Lipinski definition) is 4. The Bertz CT molecular complexity index is 991. The van der Waals surface area contributed by atoms with Gasteiger partial charge in [-0.3, -0.25) is 9.59 Å². The van der Waals surface area contributed by atoms with E-state index in [0.29, 0.717) is 12.0 Å². The fourth-order valence-electron chi connectivity index (χ4n) is 2.97. The van der Waals surface area contributed by atoms with Crippen molar-refractivity contribution >= 4 is 17.7 Å². The van der Waals surface area contributed by atoms with Gasteiger partial charge >= 0.3 is 11.9 Å². The SMILES string of the molecule is CC/C=C\C/C=C\C/C=C\CC(=O)/C=C/C=C/C=C/C(CC(C)(C)C(=O)O)OC(=O)c1ccccc1. The van der Waals surface area contributed by atoms with Gasteiger partial charge < -0.3 is 9.84 Å². The van der Waals surface area contributed by atoms with Crippen molar-refractivity contribution in [1.29, 1.82) is 0 Å². The van der Waals surface area contributed by atoms with Crippen molar-refractivity contribution in [2.45, 2.75) is 59.0 Å². The van der Waals surface area contributed by atoms with Crippen LogP contribution in [0, 0.1) is 5.41 Å². The number of carboxylic acids is 1. The highest BCUT2D eigenvalue weighted by atomic mass is 16.5. The molecule has 0 aromatic heterocycles. The molecule has 0 radical (unpaired) electrons. The van der Waals surface area contributed by atoms with Crippen LogP contribution in [0.3, 0.4) is 0 Å². The molecule has 1 atom stereocenters. The maximum absolute atomic E-state index is 12.4. The van der Waals surface area contributed by atoms with Gasteiger partial charge in [0.05, 0.1) is 11.0 Å². The fraction of sp³-hybridized carbons (Fsp3) is 0.323. The number of carbonyl (C=O) groups is 3. The summed E-state index contributed by atoms with van der Waals surface area (Å²) in [5.41, 5.74) is -0.674. The molecule has 0 bridgehead atoms. The average Bonchev–Trinajstić information content (AvgIpc) is 2.85. The van der Waals surface area contributed by atoms with E-state index in [1.807, 2.05) is 12.2 Å². The number of carbonyl (C=O) groups excluding carboxylic acids is 2. The largest absolute Gasteiger partial charge is 0.481 e. The minimum atomic E-state index is -1.07. The van der Waals surface area contributed by atoms with E-state index in [0.717, 1.165) is 19.3 Å². The summed E-state index contributed by atoms with van der Waals surface area (Å²) < 4.78 is 5.55. The Morgan fingerprint density at radius 1 is 0.889 bits per heavy atom. The van der Waals surface area contributed by atoms with Crippen molar-refractivity contribution in [2.24, 2.45) is 5.41 Å². The third-order valence-electron chi connectivity index (χ3n) is 5.10. The Morgan fingerprint density at radius 2 is 1.50 bits per heavy atom. The Morgan fingerprint density at radius 3 is 2.14 bits per heavy atom. The minimum Gasteiger partial charge on any atom is -0.481 e. The molecule has 192 valence electrons. The third-order valence-corrected chi connectivity index (χ3v) is 5.10. The Hall–Kier alpha value is -3.73. The van der Waals surface area contributed by atoms with Gasteiger partial charge in [-0.1, -0.05) is 85.9 Å². The lowest BCUT2D eigenvalue weighted by molar-refractivity contribution is -0.148. The number of ketones is 1. The van der Waals surface area contributed by atoms with Gasteiger partial charge in [-0.15, -0.1) is 0 Å². The van der Waals surface area contributed by atoms with E-state index in [1.165, 1.54) is 6.08 Å². The first-order chi connectivity index (χ1) is 17.3. The maximum atomic E-state index is 12.4. The monoisotopic (exact) mass is 490 g/mol. The quantitative estimate of drug-likeness (QED) is 0.115. The Labute approximate surface area is 215 Å². The summed E-state index contributed by atoms with van der Waals surface area (Å²) in [6.07, 6.45) is 24.7. The van der Waals surface area contributed by atoms with E-state index < -0.39 is 23.5 Å². The van der Waals surface area contributed by atoms with Crippen LogP contribution in [-0.2, 0) is 14.3 Å². The summed E-state index contributed by atoms with van der Waals surface area (Å²) in [5, 5.41) is 9.45. The van der Waals surface area contributed by atoms with Crippen molar-refractivity contribution in [1.82, 2.24) is 0 Å². The average molecular weight is 491 g/mol. The predicted molar refractivity (Wildman–Crippen MR) is 146 cm³/mol. The van der Waals surface area contributed by atoms with Gasteiger partial charge in [-0.25, -0.2) is 4.79 Å². The van der Waals surface area contributed by atoms with Gasteiger partial charge in [0.25, 0.3) is 0 Å². The van der Waals surface area contributed by atoms with E-state index in [2.05, 4.69) is 31.2 Å². The highest BCUT2D eigenvalue weighted by molar-refractivity contribution is 5.91. The van der Waals surface area contributed by atoms with Gasteiger partial charge in [0.2, 0.25) is 0 Å². The molecule has 1 aromatic carbocycles. The van der Waals surface area contributed by atoms with Crippen LogP contribution in [0.1, 0.15) is 63.2 Å². The van der Waals surface area contributed by atoms with Gasteiger partial charge in [0.1, 0.15) is 6.10 Å². The van der Waals surface area contributed by atoms with Crippen LogP contribution in [-0.4, -0.2) is 28.9 Å². The molecule has 0 saturated carbocycles. The number of allylic oxidation sites excluding steroid dienone is 11. The highest BCUT2D eigenvalue weighted by Gasteiger charge is 2.31. The summed E-state index contributed by atoms with van der Waals surface area (Å²) in [7, 11) is 0. The standard InChI is InChI=1S/C31H38O5/c1-4-5-6-7-8-9-10-11-17-22-27(32)23-18-12-13-19-24-28(25-31(2,3)30(34)35)36-29(33)26-20-15-14-16-21-26/h5-6,8-9,11-21,23-24,28H,4,7,10,22,25H2,1-3H3,(H,34,35)/b6-5-,9-8-,13-12+,17-11-,23-18+,24-19+. The smallest absolute Gasteiger partial charge is 0.338 e. The number of aliphatic carboxylic acids is 1. The summed E-state index contributed by atoms with van der Waals surface area (Å²) in [4.78, 5) is 35.9. The molecular formula is C31H38O5. The molecule has 0 aliphatic carbocycles. The Balaban J connectivity index is 2.58. The number of benzene rings is 1. The van der Waals surface area contributed by atoms with Crippen LogP contribution in [0.25, 0.3) is 0 Å². The summed E-state index contributed by atoms with van der Waals surface area (Å²) in [6, 6.07) is 8.56. The van der Waals surface area contributed by atoms with Crippen LogP contribution in [0.4, 0.5) is 0 Å². The molecule has 0 spiro atoms. The second-order valence-corrected chi connectivity index (χ2v) is 8.80. The second-order valence-electron chi connectivity index (χ2n) is 8.80. The zero-order valence-electron chi connectivity index (χ0n) is 21.5. The number of ether oxygens (including phenoxy) is 1. The summed E-state index contributed by atoms with van der Waals surface area (Å²) in [6.45, 7) is 5.28. The molecule has 1 unspecified atom stereocenters. The van der Waals surface area contributed by atoms with Crippen molar-refractivity contribution < 1.29 is 24.2 Å². The summed E-state index contributed by atoms with van der Waals surface area (Å²) >= 11 is 0. The first-order valence-corrected chi connectivity index (χ1v) is 12.2. The van der Waals surface area contributed by atoms with Crippen LogP contribution >= 0.6 is 0 Å². The number of hydrogen-bond donors (Lipinski definition) is 1. The second kappa shape index (κ2) is 17.7. The molecule has 1 aromatic rings. The van der Waals surface area contributed by atoms with Crippen LogP contribution < -0.4 is 0 Å². The molecule has 0 fully saturated rings. The lowest BCUT2D eigenvalue weighted by Crippen LogP contribution is -2.30. The first-order valence-electron chi connectivity index (χ1n) is 12.2. The lowest BCUT2D eigenvalue weighted by Gasteiger charge is -2.24. The van der Waals surface area contributed by atoms with Crippen molar-refractivity contribution in [3.63, 3.8) is 0 Å². The van der Waals surface area contributed by atoms with Crippen molar-refractivity contribution in [2.75, 3.05) is 0 Å². The van der Waals surface area contributed by atoms with Gasteiger partial charge in [0, 0.05) is 12.8 Å². The lowest BCUT2D eigenvalue weighted by atomic mass is 9.86. The van der Waals surface area contributed by atoms with Gasteiger partial charge in [0.15, 0.2) is 5.78 Å². The fourth-order valence-corrected chi connectivity index (χ4v) is 2.97. The minimum absolute atomic E-state index is 0.00684. The molecule has 5 nitrogen and oxygen atoms in total. The molecule has 5 heteroatoms. The number of carboxylic acid groups (broad SMARTS) is 1. The molecule has 0 aliphatic heterocycles. The predicted octanol–water partition coefficient (Wildman–Crippen LogP) is 7.20. The van der Waals surface area contributed by atoms with Gasteiger partial charge in [-0.05, 0) is 57.4 Å². The highest BCUT2D eigenvalue weighted by Crippen LogP contribution is 2.25. The van der Waals surface area contributed by atoms with Crippen LogP contribution in [0.5, 0.6) is 0 Å². The van der Waals surface area contributed by atoms with Crippen molar-refractivity contribution in [3.8, 4) is 0 Å². The van der Waals surface area contributed by atoms with Crippen molar-refractivity contribution in [3.05, 3.63) is 109 Å². The summed E-state index contributed by atoms with van der Waals surface area (Å²) in [5.74, 6) is -1.49. The molecule has 36 heavy (non-hydrogen) atoms. The van der Waals surface area contributed by atoms with Crippen LogP contribution in [0.15, 0.2) is 103 Å². The van der Waals surface area contributed by atoms with Crippen LogP contribution in [0.2, 0.25) is 0 Å². The third kappa shape index (κ3) is 13.9. The molecule has 1 rings (SSSR count). The first kappa shape index (κ1) is 30.3. The van der Waals surface area contributed by atoms with Gasteiger partial charge in [-0.2, -0.15) is 0 Å². The molecule has 0 saturated heterocycles. The van der Waals surface area contributed by atoms with E-state index >= 15 is 0 Å². The molecular weight excluding hydrogens is 452 g/mol. The zero-order chi connectivity index (χ0) is 26.7. The van der Waals surface area contributed by atoms with E-state index in [4.69, 9.17) is 4.74 Å². The molecule has 0 amide bonds. The normalized spacial score (nSPS) is 13.6. The van der Waals surface area contributed by atoms with E-state index in [1.54, 1.807) is 74.6 Å². The van der Waals surface area contributed by atoms with E-state index in [9.17, 15) is 19.5 Å². The zero-order valence-corrected chi connectivity index (χ0v) is 21.5. The number of esters is 1. The Kier molecular flexibility index (Phi) is 14.9. The van der Waals surface area contributed by atoms with E-state index in [-0.39, 0.29) is 12.2 Å². The maximum Gasteiger partial charge on any atom is 0.338 e.